The van der Waals surface area contributed by atoms with Crippen LogP contribution in [0.4, 0.5) is 0 Å². The number of benzene rings is 2. The van der Waals surface area contributed by atoms with E-state index in [4.69, 9.17) is 0 Å². The third kappa shape index (κ3) is 2.78. The maximum absolute atomic E-state index is 3.56. The normalized spacial score (nSPS) is 10.5. The van der Waals surface area contributed by atoms with E-state index < -0.39 is 0 Å². The second-order valence-corrected chi connectivity index (χ2v) is 6.65. The highest BCUT2D eigenvalue weighted by atomic mass is 79.9. The van der Waals surface area contributed by atoms with Gasteiger partial charge in [-0.3, -0.25) is 0 Å². The Bertz CT molecular complexity index is 485. The van der Waals surface area contributed by atoms with Crippen molar-refractivity contribution in [2.75, 3.05) is 0 Å². The lowest BCUT2D eigenvalue weighted by Gasteiger charge is -2.08. The number of rotatable bonds is 1. The Morgan fingerprint density at radius 1 is 0.812 bits per heavy atom. The van der Waals surface area contributed by atoms with Crippen LogP contribution in [0, 0.1) is 6.07 Å². The average molecular weight is 469 g/mol. The van der Waals surface area contributed by atoms with Crippen LogP contribution in [0.5, 0.6) is 0 Å². The molecule has 0 aliphatic heterocycles. The summed E-state index contributed by atoms with van der Waals surface area (Å²) in [5.74, 6) is 0. The van der Waals surface area contributed by atoms with Crippen LogP contribution in [0.2, 0.25) is 0 Å². The van der Waals surface area contributed by atoms with Crippen LogP contribution in [-0.2, 0) is 0 Å². The van der Waals surface area contributed by atoms with Crippen molar-refractivity contribution in [3.05, 3.63) is 54.3 Å². The SMILES string of the molecule is Brc1c[c]c(Br)c(-c2cc(Br)ccc2Br)c1. The molecule has 0 N–H and O–H groups in total. The zero-order valence-corrected chi connectivity index (χ0v) is 14.2. The Morgan fingerprint density at radius 3 is 2.25 bits per heavy atom. The summed E-state index contributed by atoms with van der Waals surface area (Å²) >= 11 is 14.0. The average Bonchev–Trinajstić information content (AvgIpc) is 2.25. The van der Waals surface area contributed by atoms with Crippen LogP contribution < -0.4 is 0 Å². The van der Waals surface area contributed by atoms with Gasteiger partial charge < -0.3 is 0 Å². The first kappa shape index (κ1) is 12.8. The fraction of sp³-hybridized carbons (Fsp3) is 0. The third-order valence-corrected chi connectivity index (χ3v) is 4.37. The van der Waals surface area contributed by atoms with Gasteiger partial charge in [0.1, 0.15) is 0 Å². The van der Waals surface area contributed by atoms with Gasteiger partial charge >= 0.3 is 0 Å². The maximum atomic E-state index is 3.56. The van der Waals surface area contributed by atoms with E-state index in [0.717, 1.165) is 29.0 Å². The van der Waals surface area contributed by atoms with Crippen molar-refractivity contribution in [1.82, 2.24) is 0 Å². The first-order valence-corrected chi connectivity index (χ1v) is 7.57. The Hall–Kier alpha value is 0.360. The van der Waals surface area contributed by atoms with E-state index in [9.17, 15) is 0 Å². The van der Waals surface area contributed by atoms with E-state index in [1.54, 1.807) is 0 Å². The first-order valence-electron chi connectivity index (χ1n) is 4.40. The van der Waals surface area contributed by atoms with Gasteiger partial charge in [-0.1, -0.05) is 47.8 Å². The van der Waals surface area contributed by atoms with Gasteiger partial charge in [0.25, 0.3) is 0 Å². The van der Waals surface area contributed by atoms with Crippen LogP contribution in [0.3, 0.4) is 0 Å². The summed E-state index contributed by atoms with van der Waals surface area (Å²) in [6.07, 6.45) is 0. The van der Waals surface area contributed by atoms with Crippen LogP contribution in [0.25, 0.3) is 11.1 Å². The summed E-state index contributed by atoms with van der Waals surface area (Å²) in [5, 5.41) is 0. The van der Waals surface area contributed by atoms with E-state index in [1.807, 2.05) is 18.2 Å². The van der Waals surface area contributed by atoms with Gasteiger partial charge in [-0.2, -0.15) is 0 Å². The second kappa shape index (κ2) is 5.34. The van der Waals surface area contributed by atoms with Gasteiger partial charge in [0, 0.05) is 17.9 Å². The van der Waals surface area contributed by atoms with Crippen molar-refractivity contribution in [2.24, 2.45) is 0 Å². The molecule has 2 aromatic rings. The minimum atomic E-state index is 0.953. The van der Waals surface area contributed by atoms with Crippen molar-refractivity contribution in [1.29, 1.82) is 0 Å². The summed E-state index contributed by atoms with van der Waals surface area (Å²) in [4.78, 5) is 0. The number of hydrogen-bond acceptors (Lipinski definition) is 0. The molecular formula is C12H5Br4. The zero-order valence-electron chi connectivity index (χ0n) is 7.90. The van der Waals surface area contributed by atoms with Crippen molar-refractivity contribution < 1.29 is 0 Å². The molecule has 0 saturated heterocycles. The van der Waals surface area contributed by atoms with Gasteiger partial charge in [-0.05, 0) is 63.5 Å². The summed E-state index contributed by atoms with van der Waals surface area (Å²) < 4.78 is 4.08. The largest absolute Gasteiger partial charge is 0.0508 e. The van der Waals surface area contributed by atoms with Gasteiger partial charge in [0.15, 0.2) is 0 Å². The van der Waals surface area contributed by atoms with E-state index in [2.05, 4.69) is 81.9 Å². The molecule has 0 atom stereocenters. The minimum Gasteiger partial charge on any atom is -0.0508 e. The molecule has 0 unspecified atom stereocenters. The molecule has 0 spiro atoms. The quantitative estimate of drug-likeness (QED) is 0.467. The lowest BCUT2D eigenvalue weighted by molar-refractivity contribution is 1.51. The highest BCUT2D eigenvalue weighted by Crippen LogP contribution is 2.36. The summed E-state index contributed by atoms with van der Waals surface area (Å²) in [6.45, 7) is 0. The van der Waals surface area contributed by atoms with Crippen molar-refractivity contribution in [3.63, 3.8) is 0 Å². The van der Waals surface area contributed by atoms with Crippen LogP contribution >= 0.6 is 63.7 Å². The van der Waals surface area contributed by atoms with E-state index in [0.29, 0.717) is 0 Å². The van der Waals surface area contributed by atoms with Crippen molar-refractivity contribution in [3.8, 4) is 11.1 Å². The smallest absolute Gasteiger partial charge is 0.0333 e. The Kier molecular flexibility index (Phi) is 4.27. The topological polar surface area (TPSA) is 0 Å². The predicted molar refractivity (Wildman–Crippen MR) is 81.5 cm³/mol. The van der Waals surface area contributed by atoms with Crippen LogP contribution in [-0.4, -0.2) is 0 Å². The fourth-order valence-electron chi connectivity index (χ4n) is 1.35. The van der Waals surface area contributed by atoms with Crippen molar-refractivity contribution >= 4 is 63.7 Å². The molecule has 0 aliphatic carbocycles. The molecule has 2 rings (SSSR count). The molecule has 0 saturated carbocycles. The Balaban J connectivity index is 2.66. The standard InChI is InChI=1S/C12H5Br4/c13-7-1-3-11(15)9(5-7)10-6-8(14)2-4-12(10)16/h1-3,5-6H. The van der Waals surface area contributed by atoms with E-state index in [-0.39, 0.29) is 0 Å². The molecule has 0 nitrogen and oxygen atoms in total. The lowest BCUT2D eigenvalue weighted by atomic mass is 10.1. The molecule has 0 fully saturated rings. The molecule has 81 valence electrons. The molecule has 0 amide bonds. The Labute approximate surface area is 128 Å². The minimum absolute atomic E-state index is 0.953. The van der Waals surface area contributed by atoms with Gasteiger partial charge in [-0.25, -0.2) is 0 Å². The molecule has 0 aromatic heterocycles. The predicted octanol–water partition coefficient (Wildman–Crippen LogP) is 6.20. The second-order valence-electron chi connectivity index (χ2n) is 3.17. The molecule has 2 aromatic carbocycles. The van der Waals surface area contributed by atoms with E-state index in [1.165, 1.54) is 0 Å². The molecule has 16 heavy (non-hydrogen) atoms. The summed E-state index contributed by atoms with van der Waals surface area (Å²) in [6, 6.07) is 13.2. The Morgan fingerprint density at radius 2 is 1.50 bits per heavy atom. The highest BCUT2D eigenvalue weighted by Gasteiger charge is 2.08. The molecule has 1 radical (unpaired) electrons. The number of halogens is 4. The molecular weight excluding hydrogens is 464 g/mol. The fourth-order valence-corrected chi connectivity index (χ4v) is 2.96. The van der Waals surface area contributed by atoms with Crippen molar-refractivity contribution in [2.45, 2.75) is 0 Å². The first-order chi connectivity index (χ1) is 7.58. The van der Waals surface area contributed by atoms with E-state index >= 15 is 0 Å². The third-order valence-electron chi connectivity index (χ3n) is 2.07. The van der Waals surface area contributed by atoms with Crippen LogP contribution in [0.15, 0.2) is 48.2 Å². The molecule has 0 aliphatic rings. The summed E-state index contributed by atoms with van der Waals surface area (Å²) in [5.41, 5.74) is 2.22. The summed E-state index contributed by atoms with van der Waals surface area (Å²) in [7, 11) is 0. The highest BCUT2D eigenvalue weighted by molar-refractivity contribution is 9.11. The van der Waals surface area contributed by atoms with Gasteiger partial charge in [-0.15, -0.1) is 0 Å². The zero-order chi connectivity index (χ0) is 11.7. The number of hydrogen-bond donors (Lipinski definition) is 0. The maximum Gasteiger partial charge on any atom is 0.0333 e. The molecule has 4 heteroatoms. The monoisotopic (exact) mass is 465 g/mol. The van der Waals surface area contributed by atoms with Crippen LogP contribution in [0.1, 0.15) is 0 Å². The lowest BCUT2D eigenvalue weighted by Crippen LogP contribution is -1.83. The van der Waals surface area contributed by atoms with Gasteiger partial charge in [0.2, 0.25) is 0 Å². The molecule has 0 bridgehead atoms. The van der Waals surface area contributed by atoms with Gasteiger partial charge in [0.05, 0.1) is 0 Å². The molecule has 0 heterocycles.